The second-order valence-electron chi connectivity index (χ2n) is 4.64. The lowest BCUT2D eigenvalue weighted by Crippen LogP contribution is -2.05. The fourth-order valence-electron chi connectivity index (χ4n) is 1.90. The molecule has 0 aliphatic heterocycles. The number of aryl methyl sites for hydroxylation is 1. The summed E-state index contributed by atoms with van der Waals surface area (Å²) in [6.45, 7) is 1.92. The van der Waals surface area contributed by atoms with Gasteiger partial charge in [0.1, 0.15) is 5.03 Å². The van der Waals surface area contributed by atoms with E-state index in [9.17, 15) is 13.2 Å². The lowest BCUT2D eigenvalue weighted by atomic mass is 10.2. The van der Waals surface area contributed by atoms with Crippen LogP contribution in [-0.4, -0.2) is 25.2 Å². The molecule has 0 radical (unpaired) electrons. The summed E-state index contributed by atoms with van der Waals surface area (Å²) >= 11 is 1.09. The Labute approximate surface area is 133 Å². The van der Waals surface area contributed by atoms with E-state index in [0.717, 1.165) is 35.3 Å². The first-order chi connectivity index (χ1) is 10.9. The van der Waals surface area contributed by atoms with Crippen LogP contribution in [0.2, 0.25) is 0 Å². The Balaban J connectivity index is 1.88. The molecule has 0 spiro atoms. The molecule has 5 nitrogen and oxygen atoms in total. The molecule has 0 saturated heterocycles. The van der Waals surface area contributed by atoms with Gasteiger partial charge in [-0.15, -0.1) is 5.10 Å². The van der Waals surface area contributed by atoms with Crippen LogP contribution < -0.4 is 0 Å². The Bertz CT molecular complexity index is 814. The minimum atomic E-state index is -4.40. The standard InChI is InChI=1S/C14H10F3N5S/c1-9-4-2-3-5-11(9)22-13(19-20-21-22)23-12-7-6-10(8-18-12)14(15,16)17/h2-8H,1H3. The van der Waals surface area contributed by atoms with Crippen molar-refractivity contribution in [3.63, 3.8) is 0 Å². The fraction of sp³-hybridized carbons (Fsp3) is 0.143. The van der Waals surface area contributed by atoms with Crippen molar-refractivity contribution in [1.82, 2.24) is 25.2 Å². The Morgan fingerprint density at radius 1 is 1.09 bits per heavy atom. The van der Waals surface area contributed by atoms with Gasteiger partial charge in [0.05, 0.1) is 11.3 Å². The highest BCUT2D eigenvalue weighted by atomic mass is 32.2. The van der Waals surface area contributed by atoms with Crippen LogP contribution in [0.5, 0.6) is 0 Å². The minimum Gasteiger partial charge on any atom is -0.249 e. The van der Waals surface area contributed by atoms with Gasteiger partial charge in [-0.2, -0.15) is 17.9 Å². The summed E-state index contributed by atoms with van der Waals surface area (Å²) in [6, 6.07) is 9.81. The third kappa shape index (κ3) is 3.34. The zero-order valence-electron chi connectivity index (χ0n) is 11.8. The van der Waals surface area contributed by atoms with Crippen molar-refractivity contribution in [2.75, 3.05) is 0 Å². The summed E-state index contributed by atoms with van der Waals surface area (Å²) in [7, 11) is 0. The summed E-state index contributed by atoms with van der Waals surface area (Å²) in [5.41, 5.74) is 0.981. The van der Waals surface area contributed by atoms with Gasteiger partial charge < -0.3 is 0 Å². The van der Waals surface area contributed by atoms with Crippen LogP contribution in [0.1, 0.15) is 11.1 Å². The molecule has 3 aromatic rings. The van der Waals surface area contributed by atoms with E-state index in [1.807, 2.05) is 31.2 Å². The number of aromatic nitrogens is 5. The molecule has 0 saturated carbocycles. The topological polar surface area (TPSA) is 56.5 Å². The average molecular weight is 337 g/mol. The first kappa shape index (κ1) is 15.5. The fourth-order valence-corrected chi connectivity index (χ4v) is 2.62. The monoisotopic (exact) mass is 337 g/mol. The van der Waals surface area contributed by atoms with Crippen molar-refractivity contribution in [3.8, 4) is 5.69 Å². The molecule has 0 aliphatic rings. The number of alkyl halides is 3. The number of benzene rings is 1. The minimum absolute atomic E-state index is 0.377. The summed E-state index contributed by atoms with van der Waals surface area (Å²) in [4.78, 5) is 3.81. The number of rotatable bonds is 3. The largest absolute Gasteiger partial charge is 0.417 e. The molecule has 1 aromatic carbocycles. The van der Waals surface area contributed by atoms with Gasteiger partial charge in [0.25, 0.3) is 0 Å². The Morgan fingerprint density at radius 2 is 1.87 bits per heavy atom. The summed E-state index contributed by atoms with van der Waals surface area (Å²) < 4.78 is 39.2. The van der Waals surface area contributed by atoms with E-state index in [1.165, 1.54) is 10.7 Å². The van der Waals surface area contributed by atoms with Gasteiger partial charge in [0, 0.05) is 6.20 Å². The van der Waals surface area contributed by atoms with Gasteiger partial charge in [-0.25, -0.2) is 4.98 Å². The van der Waals surface area contributed by atoms with Gasteiger partial charge in [-0.3, -0.25) is 0 Å². The second-order valence-corrected chi connectivity index (χ2v) is 5.63. The number of hydrogen-bond acceptors (Lipinski definition) is 5. The molecule has 0 N–H and O–H groups in total. The molecule has 0 bridgehead atoms. The molecular formula is C14H10F3N5S. The van der Waals surface area contributed by atoms with Gasteiger partial charge in [-0.1, -0.05) is 18.2 Å². The summed E-state index contributed by atoms with van der Waals surface area (Å²) in [5, 5.41) is 12.3. The van der Waals surface area contributed by atoms with Crippen LogP contribution in [-0.2, 0) is 6.18 Å². The molecule has 9 heteroatoms. The number of para-hydroxylation sites is 1. The van der Waals surface area contributed by atoms with Crippen molar-refractivity contribution in [3.05, 3.63) is 53.7 Å². The highest BCUT2D eigenvalue weighted by Gasteiger charge is 2.30. The van der Waals surface area contributed by atoms with Gasteiger partial charge in [0.15, 0.2) is 0 Å². The molecule has 0 fully saturated rings. The third-order valence-electron chi connectivity index (χ3n) is 3.04. The van der Waals surface area contributed by atoms with Crippen LogP contribution in [0.15, 0.2) is 52.8 Å². The van der Waals surface area contributed by atoms with Crippen LogP contribution in [0.3, 0.4) is 0 Å². The van der Waals surface area contributed by atoms with Gasteiger partial charge >= 0.3 is 6.18 Å². The highest BCUT2D eigenvalue weighted by Crippen LogP contribution is 2.31. The molecule has 2 aromatic heterocycles. The van der Waals surface area contributed by atoms with Crippen molar-refractivity contribution in [1.29, 1.82) is 0 Å². The SMILES string of the molecule is Cc1ccccc1-n1nnnc1Sc1ccc(C(F)(F)F)cn1. The Kier molecular flexibility index (Phi) is 4.03. The van der Waals surface area contributed by atoms with Gasteiger partial charge in [0.2, 0.25) is 5.16 Å². The van der Waals surface area contributed by atoms with Crippen LogP contribution >= 0.6 is 11.8 Å². The second kappa shape index (κ2) is 5.99. The van der Waals surface area contributed by atoms with E-state index in [0.29, 0.717) is 10.2 Å². The normalized spacial score (nSPS) is 11.7. The molecular weight excluding hydrogens is 327 g/mol. The maximum atomic E-state index is 12.5. The van der Waals surface area contributed by atoms with E-state index in [4.69, 9.17) is 0 Å². The van der Waals surface area contributed by atoms with Crippen molar-refractivity contribution < 1.29 is 13.2 Å². The van der Waals surface area contributed by atoms with E-state index >= 15 is 0 Å². The summed E-state index contributed by atoms with van der Waals surface area (Å²) in [6.07, 6.45) is -3.61. The van der Waals surface area contributed by atoms with Crippen molar-refractivity contribution in [2.45, 2.75) is 23.3 Å². The quantitative estimate of drug-likeness (QED) is 0.732. The zero-order valence-corrected chi connectivity index (χ0v) is 12.6. The summed E-state index contributed by atoms with van der Waals surface area (Å²) in [5.74, 6) is 0. The van der Waals surface area contributed by atoms with Crippen LogP contribution in [0.25, 0.3) is 5.69 Å². The van der Waals surface area contributed by atoms with E-state index in [2.05, 4.69) is 20.5 Å². The van der Waals surface area contributed by atoms with Gasteiger partial charge in [-0.05, 0) is 52.9 Å². The molecule has 0 unspecified atom stereocenters. The predicted molar refractivity (Wildman–Crippen MR) is 77.3 cm³/mol. The molecule has 0 aliphatic carbocycles. The Hall–Kier alpha value is -2.42. The maximum Gasteiger partial charge on any atom is 0.417 e. The molecule has 0 amide bonds. The van der Waals surface area contributed by atoms with E-state index < -0.39 is 11.7 Å². The number of tetrazole rings is 1. The van der Waals surface area contributed by atoms with E-state index in [1.54, 1.807) is 0 Å². The molecule has 23 heavy (non-hydrogen) atoms. The van der Waals surface area contributed by atoms with Crippen LogP contribution in [0, 0.1) is 6.92 Å². The highest BCUT2D eigenvalue weighted by molar-refractivity contribution is 7.99. The van der Waals surface area contributed by atoms with E-state index in [-0.39, 0.29) is 0 Å². The van der Waals surface area contributed by atoms with Crippen molar-refractivity contribution >= 4 is 11.8 Å². The first-order valence-electron chi connectivity index (χ1n) is 6.50. The number of halogens is 3. The molecule has 0 atom stereocenters. The van der Waals surface area contributed by atoms with Crippen LogP contribution in [0.4, 0.5) is 13.2 Å². The lowest BCUT2D eigenvalue weighted by molar-refractivity contribution is -0.137. The Morgan fingerprint density at radius 3 is 2.52 bits per heavy atom. The first-order valence-corrected chi connectivity index (χ1v) is 7.32. The zero-order chi connectivity index (χ0) is 16.4. The molecule has 3 rings (SSSR count). The molecule has 118 valence electrons. The predicted octanol–water partition coefficient (Wildman–Crippen LogP) is 3.54. The average Bonchev–Trinajstić information content (AvgIpc) is 2.95. The number of nitrogens with zero attached hydrogens (tertiary/aromatic N) is 5. The number of hydrogen-bond donors (Lipinski definition) is 0. The molecule has 2 heterocycles. The lowest BCUT2D eigenvalue weighted by Gasteiger charge is -2.08. The number of pyridine rings is 1. The maximum absolute atomic E-state index is 12.5. The third-order valence-corrected chi connectivity index (χ3v) is 3.93. The smallest absolute Gasteiger partial charge is 0.249 e. The van der Waals surface area contributed by atoms with Crippen molar-refractivity contribution in [2.24, 2.45) is 0 Å².